The van der Waals surface area contributed by atoms with Crippen LogP contribution in [0.3, 0.4) is 0 Å². The van der Waals surface area contributed by atoms with E-state index in [9.17, 15) is 9.59 Å². The topological polar surface area (TPSA) is 65.0 Å². The lowest BCUT2D eigenvalue weighted by Crippen LogP contribution is -2.09. The standard InChI is InChI=1S/C16H14N2O2S.C11H9NO/c1-3-20-16(19)15-18-13-6-4-5-10-9-11(17-2)7-8-12(10)14(13)21-15;1-12-9-5-6-10-8(7-9)3-2-4-11(10)13/h7-9H,3-6H2,1H3;5-7H,2-4H2. The fourth-order valence-electron chi connectivity index (χ4n) is 4.24. The Morgan fingerprint density at radius 2 is 1.59 bits per heavy atom. The predicted octanol–water partition coefficient (Wildman–Crippen LogP) is 6.78. The van der Waals surface area contributed by atoms with Crippen LogP contribution in [0.25, 0.3) is 20.1 Å². The Kier molecular flexibility index (Phi) is 7.15. The van der Waals surface area contributed by atoms with E-state index in [1.165, 1.54) is 16.9 Å². The van der Waals surface area contributed by atoms with Crippen LogP contribution in [0.1, 0.15) is 63.2 Å². The number of benzene rings is 2. The van der Waals surface area contributed by atoms with Crippen LogP contribution >= 0.6 is 11.3 Å². The number of hydrogen-bond acceptors (Lipinski definition) is 5. The van der Waals surface area contributed by atoms with Crippen LogP contribution in [0.2, 0.25) is 0 Å². The van der Waals surface area contributed by atoms with Gasteiger partial charge >= 0.3 is 5.97 Å². The number of carbonyl (C=O) groups is 2. The summed E-state index contributed by atoms with van der Waals surface area (Å²) in [7, 11) is 0. The van der Waals surface area contributed by atoms with Gasteiger partial charge in [0.15, 0.2) is 17.2 Å². The van der Waals surface area contributed by atoms with Gasteiger partial charge in [0.2, 0.25) is 5.01 Å². The summed E-state index contributed by atoms with van der Waals surface area (Å²) < 4.78 is 5.03. The van der Waals surface area contributed by atoms with Crippen LogP contribution < -0.4 is 0 Å². The van der Waals surface area contributed by atoms with Crippen LogP contribution in [0.15, 0.2) is 36.4 Å². The van der Waals surface area contributed by atoms with Gasteiger partial charge < -0.3 is 4.74 Å². The zero-order valence-electron chi connectivity index (χ0n) is 18.9. The summed E-state index contributed by atoms with van der Waals surface area (Å²) in [5, 5.41) is 0.420. The van der Waals surface area contributed by atoms with E-state index in [1.54, 1.807) is 19.1 Å². The van der Waals surface area contributed by atoms with Crippen molar-refractivity contribution in [1.82, 2.24) is 4.98 Å². The molecule has 0 aliphatic heterocycles. The molecule has 0 amide bonds. The van der Waals surface area contributed by atoms with Crippen molar-refractivity contribution in [2.24, 2.45) is 0 Å². The molecule has 2 aliphatic carbocycles. The van der Waals surface area contributed by atoms with Gasteiger partial charge in [-0.1, -0.05) is 36.4 Å². The molecule has 1 aromatic heterocycles. The van der Waals surface area contributed by atoms with E-state index in [2.05, 4.69) is 14.7 Å². The number of hydrogen-bond donors (Lipinski definition) is 0. The second-order valence-corrected chi connectivity index (χ2v) is 9.05. The molecule has 0 fully saturated rings. The number of thiazole rings is 1. The number of rotatable bonds is 2. The molecular formula is C27H23N3O3S. The minimum Gasteiger partial charge on any atom is -0.461 e. The number of aryl methyl sites for hydroxylation is 3. The van der Waals surface area contributed by atoms with Gasteiger partial charge in [-0.15, -0.1) is 11.3 Å². The number of Topliss-reactive ketones (excluding diaryl/α,β-unsaturated/α-hetero) is 1. The summed E-state index contributed by atoms with van der Waals surface area (Å²) in [5.41, 5.74) is 6.39. The van der Waals surface area contributed by atoms with Gasteiger partial charge in [0.25, 0.3) is 0 Å². The minimum atomic E-state index is -0.352. The lowest BCUT2D eigenvalue weighted by atomic mass is 9.90. The average Bonchev–Trinajstić information content (AvgIpc) is 3.21. The number of ether oxygens (including phenoxy) is 1. The molecule has 0 N–H and O–H groups in total. The van der Waals surface area contributed by atoms with E-state index in [0.29, 0.717) is 29.4 Å². The highest BCUT2D eigenvalue weighted by molar-refractivity contribution is 7.17. The lowest BCUT2D eigenvalue weighted by Gasteiger charge is -2.14. The molecule has 2 aliphatic rings. The van der Waals surface area contributed by atoms with Gasteiger partial charge in [0.1, 0.15) is 0 Å². The minimum absolute atomic E-state index is 0.220. The number of fused-ring (bicyclic) bond motifs is 4. The van der Waals surface area contributed by atoms with E-state index in [4.69, 9.17) is 17.9 Å². The smallest absolute Gasteiger partial charge is 0.367 e. The quantitative estimate of drug-likeness (QED) is 0.306. The van der Waals surface area contributed by atoms with Gasteiger partial charge in [-0.25, -0.2) is 19.5 Å². The molecule has 0 spiro atoms. The Morgan fingerprint density at radius 3 is 2.24 bits per heavy atom. The fraction of sp³-hybridized carbons (Fsp3) is 0.296. The SMILES string of the molecule is [C-]#[N+]c1ccc2c(c1)CCCC2=O.[C-]#[N+]c1ccc2c(c1)CCCc1nc(C(=O)OCC)sc1-2. The molecule has 0 radical (unpaired) electrons. The summed E-state index contributed by atoms with van der Waals surface area (Å²) >= 11 is 1.39. The summed E-state index contributed by atoms with van der Waals surface area (Å²) in [6.45, 7) is 16.1. The van der Waals surface area contributed by atoms with Crippen molar-refractivity contribution in [3.63, 3.8) is 0 Å². The maximum Gasteiger partial charge on any atom is 0.367 e. The number of aromatic nitrogens is 1. The monoisotopic (exact) mass is 469 g/mol. The second-order valence-electron chi connectivity index (χ2n) is 8.05. The number of ketones is 1. The molecule has 0 atom stereocenters. The summed E-state index contributed by atoms with van der Waals surface area (Å²) in [6, 6.07) is 11.1. The van der Waals surface area contributed by atoms with Gasteiger partial charge in [-0.05, 0) is 55.7 Å². The van der Waals surface area contributed by atoms with E-state index in [0.717, 1.165) is 59.4 Å². The first-order valence-electron chi connectivity index (χ1n) is 11.2. The predicted molar refractivity (Wildman–Crippen MR) is 132 cm³/mol. The average molecular weight is 470 g/mol. The maximum atomic E-state index is 11.8. The highest BCUT2D eigenvalue weighted by atomic mass is 32.1. The Bertz CT molecular complexity index is 1340. The van der Waals surface area contributed by atoms with Crippen LogP contribution in [-0.4, -0.2) is 23.3 Å². The van der Waals surface area contributed by atoms with Crippen LogP contribution in [0.4, 0.5) is 11.4 Å². The zero-order valence-corrected chi connectivity index (χ0v) is 19.7. The molecule has 0 saturated carbocycles. The van der Waals surface area contributed by atoms with Gasteiger partial charge in [-0.2, -0.15) is 0 Å². The van der Waals surface area contributed by atoms with E-state index >= 15 is 0 Å². The molecule has 0 saturated heterocycles. The molecule has 34 heavy (non-hydrogen) atoms. The first-order valence-corrected chi connectivity index (χ1v) is 12.1. The molecular weight excluding hydrogens is 446 g/mol. The molecule has 2 aromatic carbocycles. The molecule has 7 heteroatoms. The molecule has 3 aromatic rings. The summed E-state index contributed by atoms with van der Waals surface area (Å²) in [6.07, 6.45) is 5.29. The van der Waals surface area contributed by atoms with E-state index < -0.39 is 0 Å². The first kappa shape index (κ1) is 23.4. The van der Waals surface area contributed by atoms with Crippen LogP contribution in [0.5, 0.6) is 0 Å². The van der Waals surface area contributed by atoms with Crippen LogP contribution in [-0.2, 0) is 24.0 Å². The second kappa shape index (κ2) is 10.4. The Labute approximate surface area is 202 Å². The van der Waals surface area contributed by atoms with Gasteiger partial charge in [0, 0.05) is 12.0 Å². The molecule has 1 heterocycles. The Hall–Kier alpha value is -3.81. The Balaban J connectivity index is 0.000000180. The third-order valence-corrected chi connectivity index (χ3v) is 6.95. The van der Waals surface area contributed by atoms with Crippen molar-refractivity contribution in [3.05, 3.63) is 86.6 Å². The Morgan fingerprint density at radius 1 is 0.971 bits per heavy atom. The maximum absolute atomic E-state index is 11.8. The normalized spacial score (nSPS) is 13.6. The van der Waals surface area contributed by atoms with Crippen molar-refractivity contribution in [1.29, 1.82) is 0 Å². The summed E-state index contributed by atoms with van der Waals surface area (Å²) in [5.74, 6) is -0.132. The van der Waals surface area contributed by atoms with Gasteiger partial charge in [-0.3, -0.25) is 4.79 Å². The summed E-state index contributed by atoms with van der Waals surface area (Å²) in [4.78, 5) is 35.6. The molecule has 0 bridgehead atoms. The molecule has 0 unspecified atom stereocenters. The van der Waals surface area contributed by atoms with Crippen molar-refractivity contribution in [3.8, 4) is 10.4 Å². The van der Waals surface area contributed by atoms with E-state index in [1.807, 2.05) is 24.3 Å². The largest absolute Gasteiger partial charge is 0.461 e. The van der Waals surface area contributed by atoms with E-state index in [-0.39, 0.29) is 11.8 Å². The van der Waals surface area contributed by atoms with Crippen LogP contribution in [0, 0.1) is 13.1 Å². The van der Waals surface area contributed by atoms with Crippen molar-refractivity contribution < 1.29 is 14.3 Å². The number of nitrogens with zero attached hydrogens (tertiary/aromatic N) is 3. The molecule has 5 rings (SSSR count). The third-order valence-electron chi connectivity index (χ3n) is 5.84. The lowest BCUT2D eigenvalue weighted by molar-refractivity contribution is 0.0525. The highest BCUT2D eigenvalue weighted by Crippen LogP contribution is 2.38. The van der Waals surface area contributed by atoms with Crippen molar-refractivity contribution >= 4 is 34.5 Å². The molecule has 6 nitrogen and oxygen atoms in total. The van der Waals surface area contributed by atoms with Gasteiger partial charge in [0.05, 0.1) is 30.3 Å². The fourth-order valence-corrected chi connectivity index (χ4v) is 5.30. The highest BCUT2D eigenvalue weighted by Gasteiger charge is 2.22. The van der Waals surface area contributed by atoms with Crippen molar-refractivity contribution in [2.45, 2.75) is 45.4 Å². The zero-order chi connectivity index (χ0) is 24.1. The van der Waals surface area contributed by atoms with Crippen molar-refractivity contribution in [2.75, 3.05) is 6.61 Å². The molecule has 170 valence electrons. The number of carbonyl (C=O) groups excluding carboxylic acids is 2. The third kappa shape index (κ3) is 4.90. The number of esters is 1. The first-order chi connectivity index (χ1) is 16.5.